The highest BCUT2D eigenvalue weighted by molar-refractivity contribution is 6.30. The van der Waals surface area contributed by atoms with Crippen LogP contribution >= 0.6 is 11.6 Å². The maximum absolute atomic E-state index is 12.5. The molecule has 0 radical (unpaired) electrons. The fourth-order valence-electron chi connectivity index (χ4n) is 2.28. The van der Waals surface area contributed by atoms with Crippen LogP contribution < -0.4 is 5.32 Å². The van der Waals surface area contributed by atoms with Gasteiger partial charge in [-0.2, -0.15) is 0 Å². The molecule has 0 spiro atoms. The Kier molecular flexibility index (Phi) is 5.57. The summed E-state index contributed by atoms with van der Waals surface area (Å²) < 4.78 is 0. The Morgan fingerprint density at radius 2 is 1.75 bits per heavy atom. The number of hydrogen-bond acceptors (Lipinski definition) is 2. The lowest BCUT2D eigenvalue weighted by Crippen LogP contribution is -2.49. The number of nitrogens with one attached hydrogen (secondary N) is 1. The van der Waals surface area contributed by atoms with E-state index in [4.69, 9.17) is 16.7 Å². The Hall–Kier alpha value is -1.55. The Labute approximate surface area is 124 Å². The third-order valence-corrected chi connectivity index (χ3v) is 4.01. The molecule has 20 heavy (non-hydrogen) atoms. The van der Waals surface area contributed by atoms with Crippen molar-refractivity contribution in [2.45, 2.75) is 45.1 Å². The highest BCUT2D eigenvalue weighted by Gasteiger charge is 2.37. The van der Waals surface area contributed by atoms with Gasteiger partial charge in [0.1, 0.15) is 6.04 Å². The molecule has 5 heteroatoms. The number of halogens is 1. The van der Waals surface area contributed by atoms with Crippen LogP contribution in [0.4, 0.5) is 0 Å². The average Bonchev–Trinajstić information content (AvgIpc) is 2.42. The minimum absolute atomic E-state index is 0.264. The molecule has 0 unspecified atom stereocenters. The molecule has 1 amide bonds. The molecular weight excluding hydrogens is 278 g/mol. The largest absolute Gasteiger partial charge is 0.480 e. The summed E-state index contributed by atoms with van der Waals surface area (Å²) in [6.07, 6.45) is 1.17. The summed E-state index contributed by atoms with van der Waals surface area (Å²) in [6, 6.07) is 6.21. The van der Waals surface area contributed by atoms with E-state index in [0.29, 0.717) is 17.9 Å². The predicted octanol–water partition coefficient (Wildman–Crippen LogP) is 2.99. The van der Waals surface area contributed by atoms with Gasteiger partial charge in [0.25, 0.3) is 0 Å². The zero-order valence-corrected chi connectivity index (χ0v) is 12.7. The molecule has 0 aliphatic carbocycles. The number of carboxylic acid groups (broad SMARTS) is 1. The fourth-order valence-corrected chi connectivity index (χ4v) is 2.40. The van der Waals surface area contributed by atoms with E-state index < -0.39 is 17.4 Å². The lowest BCUT2D eigenvalue weighted by atomic mass is 9.75. The molecule has 0 aromatic heterocycles. The summed E-state index contributed by atoms with van der Waals surface area (Å²) >= 11 is 5.88. The van der Waals surface area contributed by atoms with Crippen molar-refractivity contribution < 1.29 is 14.7 Å². The number of benzene rings is 1. The molecule has 0 aliphatic rings. The highest BCUT2D eigenvalue weighted by atomic mass is 35.5. The minimum Gasteiger partial charge on any atom is -0.480 e. The van der Waals surface area contributed by atoms with Crippen molar-refractivity contribution in [3.05, 3.63) is 34.9 Å². The summed E-state index contributed by atoms with van der Waals surface area (Å²) in [5.74, 6) is -1.31. The van der Waals surface area contributed by atoms with Crippen LogP contribution in [0.5, 0.6) is 0 Å². The molecular formula is C15H20ClNO3. The van der Waals surface area contributed by atoms with Crippen molar-refractivity contribution in [2.24, 2.45) is 0 Å². The number of carboxylic acids is 1. The Balaban J connectivity index is 3.11. The van der Waals surface area contributed by atoms with Crippen molar-refractivity contribution in [1.82, 2.24) is 5.32 Å². The normalized spacial score (nSPS) is 12.8. The van der Waals surface area contributed by atoms with Gasteiger partial charge >= 0.3 is 5.97 Å². The lowest BCUT2D eigenvalue weighted by Gasteiger charge is -2.31. The van der Waals surface area contributed by atoms with Crippen LogP contribution in [-0.2, 0) is 15.0 Å². The zero-order chi connectivity index (χ0) is 15.3. The van der Waals surface area contributed by atoms with Gasteiger partial charge < -0.3 is 10.4 Å². The summed E-state index contributed by atoms with van der Waals surface area (Å²) in [5.41, 5.74) is 0.121. The summed E-state index contributed by atoms with van der Waals surface area (Å²) in [4.78, 5) is 23.4. The molecule has 4 nitrogen and oxygen atoms in total. The van der Waals surface area contributed by atoms with Crippen LogP contribution in [0.15, 0.2) is 24.3 Å². The van der Waals surface area contributed by atoms with Crippen LogP contribution in [0.1, 0.15) is 39.2 Å². The van der Waals surface area contributed by atoms with E-state index in [1.54, 1.807) is 12.1 Å². The molecule has 0 heterocycles. The van der Waals surface area contributed by atoms with Crippen LogP contribution in [0, 0.1) is 0 Å². The minimum atomic E-state index is -1.05. The number of hydrogen-bond donors (Lipinski definition) is 2. The maximum Gasteiger partial charge on any atom is 0.325 e. The maximum atomic E-state index is 12.5. The first-order valence-electron chi connectivity index (χ1n) is 6.67. The quantitative estimate of drug-likeness (QED) is 0.848. The topological polar surface area (TPSA) is 66.4 Å². The van der Waals surface area contributed by atoms with E-state index in [2.05, 4.69) is 5.32 Å². The van der Waals surface area contributed by atoms with Gasteiger partial charge in [-0.1, -0.05) is 37.6 Å². The molecule has 1 rings (SSSR count). The van der Waals surface area contributed by atoms with E-state index in [0.717, 1.165) is 5.56 Å². The summed E-state index contributed by atoms with van der Waals surface area (Å²) in [5, 5.41) is 12.1. The highest BCUT2D eigenvalue weighted by Crippen LogP contribution is 2.32. The lowest BCUT2D eigenvalue weighted by molar-refractivity contribution is -0.142. The monoisotopic (exact) mass is 297 g/mol. The van der Waals surface area contributed by atoms with E-state index >= 15 is 0 Å². The number of amides is 1. The van der Waals surface area contributed by atoms with E-state index in [1.807, 2.05) is 26.0 Å². The molecule has 0 saturated carbocycles. The summed E-state index contributed by atoms with van der Waals surface area (Å²) in [6.45, 7) is 5.30. The van der Waals surface area contributed by atoms with Crippen LogP contribution in [0.3, 0.4) is 0 Å². The van der Waals surface area contributed by atoms with Crippen LogP contribution in [-0.4, -0.2) is 23.0 Å². The Morgan fingerprint density at radius 1 is 1.25 bits per heavy atom. The summed E-state index contributed by atoms with van der Waals surface area (Å²) in [7, 11) is 0. The first kappa shape index (κ1) is 16.5. The Morgan fingerprint density at radius 3 is 2.15 bits per heavy atom. The second-order valence-electron chi connectivity index (χ2n) is 4.83. The van der Waals surface area contributed by atoms with Gasteiger partial charge in [0.15, 0.2) is 0 Å². The van der Waals surface area contributed by atoms with Gasteiger partial charge in [-0.05, 0) is 37.5 Å². The molecule has 1 aromatic carbocycles. The van der Waals surface area contributed by atoms with Crippen LogP contribution in [0.25, 0.3) is 0 Å². The molecule has 110 valence electrons. The van der Waals surface area contributed by atoms with Gasteiger partial charge in [-0.3, -0.25) is 9.59 Å². The molecule has 1 atom stereocenters. The first-order valence-corrected chi connectivity index (χ1v) is 7.05. The van der Waals surface area contributed by atoms with Crippen molar-refractivity contribution in [1.29, 1.82) is 0 Å². The van der Waals surface area contributed by atoms with E-state index in [9.17, 15) is 9.59 Å². The molecule has 2 N–H and O–H groups in total. The average molecular weight is 298 g/mol. The standard InChI is InChI=1S/C15H20ClNO3/c1-4-15(5-2,11-6-8-12(16)9-7-11)14(20)17-10(3)13(18)19/h6-10H,4-5H2,1-3H3,(H,17,20)(H,18,19)/t10-/m0/s1. The molecule has 0 bridgehead atoms. The van der Waals surface area contributed by atoms with Crippen molar-refractivity contribution in [2.75, 3.05) is 0 Å². The van der Waals surface area contributed by atoms with Crippen molar-refractivity contribution in [3.8, 4) is 0 Å². The number of rotatable bonds is 6. The second-order valence-corrected chi connectivity index (χ2v) is 5.27. The number of carbonyl (C=O) groups is 2. The van der Waals surface area contributed by atoms with Gasteiger partial charge in [0.05, 0.1) is 5.41 Å². The number of carbonyl (C=O) groups excluding carboxylic acids is 1. The predicted molar refractivity (Wildman–Crippen MR) is 79.0 cm³/mol. The van der Waals surface area contributed by atoms with Crippen molar-refractivity contribution >= 4 is 23.5 Å². The van der Waals surface area contributed by atoms with Crippen molar-refractivity contribution in [3.63, 3.8) is 0 Å². The zero-order valence-electron chi connectivity index (χ0n) is 11.9. The third-order valence-electron chi connectivity index (χ3n) is 3.76. The van der Waals surface area contributed by atoms with E-state index in [-0.39, 0.29) is 5.91 Å². The van der Waals surface area contributed by atoms with Gasteiger partial charge in [0, 0.05) is 5.02 Å². The smallest absolute Gasteiger partial charge is 0.325 e. The first-order chi connectivity index (χ1) is 9.37. The van der Waals surface area contributed by atoms with Gasteiger partial charge in [-0.15, -0.1) is 0 Å². The molecule has 0 fully saturated rings. The fraction of sp³-hybridized carbons (Fsp3) is 0.467. The molecule has 1 aromatic rings. The molecule has 0 aliphatic heterocycles. The second kappa shape index (κ2) is 6.75. The van der Waals surface area contributed by atoms with Crippen LogP contribution in [0.2, 0.25) is 5.02 Å². The number of aliphatic carboxylic acids is 1. The van der Waals surface area contributed by atoms with E-state index in [1.165, 1.54) is 6.92 Å². The van der Waals surface area contributed by atoms with Gasteiger partial charge in [0.2, 0.25) is 5.91 Å². The van der Waals surface area contributed by atoms with Gasteiger partial charge in [-0.25, -0.2) is 0 Å². The Bertz CT molecular complexity index is 480. The molecule has 0 saturated heterocycles. The SMILES string of the molecule is CCC(CC)(C(=O)N[C@@H](C)C(=O)O)c1ccc(Cl)cc1. The third kappa shape index (κ3) is 3.31.